The molecule has 2 aromatic heterocycles. The Kier molecular flexibility index (Phi) is 7.69. The van der Waals surface area contributed by atoms with Gasteiger partial charge in [0, 0.05) is 10.6 Å². The van der Waals surface area contributed by atoms with Gasteiger partial charge in [-0.15, -0.1) is 0 Å². The molecular weight excluding hydrogens is 622 g/mol. The molecule has 6 rings (SSSR count). The predicted molar refractivity (Wildman–Crippen MR) is 167 cm³/mol. The summed E-state index contributed by atoms with van der Waals surface area (Å²) in [5.74, 6) is 2.26. The molecule has 4 aromatic carbocycles. The van der Waals surface area contributed by atoms with Crippen LogP contribution in [0.2, 0.25) is 5.02 Å². The maximum absolute atomic E-state index is 13.7. The number of fused-ring (bicyclic) bond motifs is 2. The molecule has 0 aliphatic heterocycles. The lowest BCUT2D eigenvalue weighted by molar-refractivity contribution is 0.282. The Morgan fingerprint density at radius 3 is 2.55 bits per heavy atom. The summed E-state index contributed by atoms with van der Waals surface area (Å²) in [6.45, 7) is 0.256. The Balaban J connectivity index is 1.41. The summed E-state index contributed by atoms with van der Waals surface area (Å²) < 4.78 is 25.1. The van der Waals surface area contributed by atoms with Crippen LogP contribution in [0.3, 0.4) is 0 Å². The van der Waals surface area contributed by atoms with Crippen LogP contribution < -0.4 is 19.8 Å². The van der Waals surface area contributed by atoms with Crippen LogP contribution in [0.15, 0.2) is 104 Å². The summed E-state index contributed by atoms with van der Waals surface area (Å²) in [7, 11) is 3.15. The zero-order valence-corrected chi connectivity index (χ0v) is 24.8. The van der Waals surface area contributed by atoms with Crippen molar-refractivity contribution in [1.29, 1.82) is 0 Å². The second kappa shape index (κ2) is 11.7. The number of halogens is 2. The van der Waals surface area contributed by atoms with Crippen molar-refractivity contribution in [3.8, 4) is 28.8 Å². The molecule has 0 spiro atoms. The van der Waals surface area contributed by atoms with E-state index in [2.05, 4.69) is 21.0 Å². The van der Waals surface area contributed by atoms with Gasteiger partial charge in [-0.1, -0.05) is 48.0 Å². The summed E-state index contributed by atoms with van der Waals surface area (Å²) in [5.41, 5.74) is 2.29. The predicted octanol–water partition coefficient (Wildman–Crippen LogP) is 7.70. The maximum atomic E-state index is 13.7. The molecule has 0 saturated heterocycles. The summed E-state index contributed by atoms with van der Waals surface area (Å²) >= 11 is 9.87. The van der Waals surface area contributed by atoms with Gasteiger partial charge in [-0.05, 0) is 70.0 Å². The molecule has 8 nitrogen and oxygen atoms in total. The molecule has 0 aliphatic rings. The van der Waals surface area contributed by atoms with Crippen LogP contribution in [-0.4, -0.2) is 30.1 Å². The molecule has 0 unspecified atom stereocenters. The standard InChI is InChI=1S/C32H23BrClN3O5/c1-39-26-12-7-13-27-22(26)16-29(42-27)31-36-25-11-6-4-9-21(25)32(38)37(31)35-17-19-14-23(33)30(28(15-19)40-2)41-18-20-8-3-5-10-24(20)34/h3-17H,18H2,1-2H3. The van der Waals surface area contributed by atoms with Crippen molar-refractivity contribution >= 4 is 55.6 Å². The third-order valence-electron chi connectivity index (χ3n) is 6.62. The Hall–Kier alpha value is -4.60. The third kappa shape index (κ3) is 5.24. The van der Waals surface area contributed by atoms with Gasteiger partial charge >= 0.3 is 0 Å². The molecule has 0 amide bonds. The fourth-order valence-corrected chi connectivity index (χ4v) is 5.32. The number of methoxy groups -OCH3 is 2. The first kappa shape index (κ1) is 27.6. The van der Waals surface area contributed by atoms with E-state index in [4.69, 9.17) is 35.2 Å². The Morgan fingerprint density at radius 2 is 1.74 bits per heavy atom. The number of aromatic nitrogens is 2. The monoisotopic (exact) mass is 643 g/mol. The van der Waals surface area contributed by atoms with E-state index in [0.29, 0.717) is 54.6 Å². The van der Waals surface area contributed by atoms with E-state index in [-0.39, 0.29) is 18.0 Å². The summed E-state index contributed by atoms with van der Waals surface area (Å²) in [4.78, 5) is 18.4. The average Bonchev–Trinajstić information content (AvgIpc) is 3.45. The summed E-state index contributed by atoms with van der Waals surface area (Å²) in [5, 5.41) is 6.36. The van der Waals surface area contributed by atoms with Crippen molar-refractivity contribution in [2.45, 2.75) is 6.61 Å². The third-order valence-corrected chi connectivity index (χ3v) is 7.58. The van der Waals surface area contributed by atoms with Crippen molar-refractivity contribution < 1.29 is 18.6 Å². The molecule has 0 saturated carbocycles. The van der Waals surface area contributed by atoms with Crippen LogP contribution >= 0.6 is 27.5 Å². The minimum atomic E-state index is -0.343. The van der Waals surface area contributed by atoms with Crippen LogP contribution in [0.1, 0.15) is 11.1 Å². The second-order valence-corrected chi connectivity index (χ2v) is 10.5. The topological polar surface area (TPSA) is 88.1 Å². The van der Waals surface area contributed by atoms with Gasteiger partial charge in [0.1, 0.15) is 17.9 Å². The Morgan fingerprint density at radius 1 is 0.952 bits per heavy atom. The summed E-state index contributed by atoms with van der Waals surface area (Å²) in [6.07, 6.45) is 1.55. The number of benzene rings is 4. The maximum Gasteiger partial charge on any atom is 0.282 e. The van der Waals surface area contributed by atoms with Crippen molar-refractivity contribution in [3.05, 3.63) is 116 Å². The molecule has 0 N–H and O–H groups in total. The minimum Gasteiger partial charge on any atom is -0.496 e. The van der Waals surface area contributed by atoms with E-state index < -0.39 is 0 Å². The van der Waals surface area contributed by atoms with Crippen LogP contribution in [0.25, 0.3) is 33.5 Å². The van der Waals surface area contributed by atoms with E-state index in [1.165, 1.54) is 4.68 Å². The van der Waals surface area contributed by atoms with Gasteiger partial charge in [0.2, 0.25) is 5.82 Å². The molecule has 0 radical (unpaired) electrons. The van der Waals surface area contributed by atoms with Gasteiger partial charge in [-0.3, -0.25) is 4.79 Å². The SMILES string of the molecule is COc1cc(C=Nn2c(-c3cc4c(OC)cccc4o3)nc3ccccc3c2=O)cc(Br)c1OCc1ccccc1Cl. The van der Waals surface area contributed by atoms with Crippen LogP contribution in [0.5, 0.6) is 17.2 Å². The van der Waals surface area contributed by atoms with Gasteiger partial charge < -0.3 is 18.6 Å². The van der Waals surface area contributed by atoms with E-state index in [1.54, 1.807) is 50.8 Å². The van der Waals surface area contributed by atoms with Crippen LogP contribution in [-0.2, 0) is 6.61 Å². The first-order chi connectivity index (χ1) is 20.5. The van der Waals surface area contributed by atoms with Gasteiger partial charge in [-0.25, -0.2) is 4.98 Å². The first-order valence-electron chi connectivity index (χ1n) is 12.8. The van der Waals surface area contributed by atoms with Gasteiger partial charge in [-0.2, -0.15) is 9.78 Å². The second-order valence-electron chi connectivity index (χ2n) is 9.21. The first-order valence-corrected chi connectivity index (χ1v) is 14.0. The molecule has 210 valence electrons. The molecule has 10 heteroatoms. The fourth-order valence-electron chi connectivity index (χ4n) is 4.56. The van der Waals surface area contributed by atoms with Crippen molar-refractivity contribution in [2.24, 2.45) is 5.10 Å². The lowest BCUT2D eigenvalue weighted by Gasteiger charge is -2.14. The molecule has 42 heavy (non-hydrogen) atoms. The zero-order valence-electron chi connectivity index (χ0n) is 22.5. The molecule has 0 fully saturated rings. The molecule has 6 aromatic rings. The molecule has 0 aliphatic carbocycles. The number of para-hydroxylation sites is 1. The molecule has 0 bridgehead atoms. The lowest BCUT2D eigenvalue weighted by atomic mass is 10.2. The van der Waals surface area contributed by atoms with Gasteiger partial charge in [0.15, 0.2) is 17.3 Å². The van der Waals surface area contributed by atoms with E-state index in [9.17, 15) is 4.79 Å². The number of furan rings is 1. The highest BCUT2D eigenvalue weighted by atomic mass is 79.9. The van der Waals surface area contributed by atoms with Crippen LogP contribution in [0.4, 0.5) is 0 Å². The minimum absolute atomic E-state index is 0.249. The molecule has 0 atom stereocenters. The highest BCUT2D eigenvalue weighted by Crippen LogP contribution is 2.37. The quantitative estimate of drug-likeness (QED) is 0.158. The van der Waals surface area contributed by atoms with Crippen LogP contribution in [0, 0.1) is 0 Å². The molecular formula is C32H23BrClN3O5. The fraction of sp³-hybridized carbons (Fsp3) is 0.0938. The zero-order chi connectivity index (χ0) is 29.2. The van der Waals surface area contributed by atoms with Crippen molar-refractivity contribution in [2.75, 3.05) is 14.2 Å². The van der Waals surface area contributed by atoms with E-state index >= 15 is 0 Å². The van der Waals surface area contributed by atoms with E-state index in [1.807, 2.05) is 54.6 Å². The van der Waals surface area contributed by atoms with E-state index in [0.717, 1.165) is 10.9 Å². The number of hydrogen-bond acceptors (Lipinski definition) is 7. The van der Waals surface area contributed by atoms with Gasteiger partial charge in [0.05, 0.1) is 41.2 Å². The number of hydrogen-bond donors (Lipinski definition) is 0. The smallest absolute Gasteiger partial charge is 0.282 e. The normalized spacial score (nSPS) is 11.4. The Labute approximate surface area is 253 Å². The lowest BCUT2D eigenvalue weighted by Crippen LogP contribution is -2.20. The average molecular weight is 645 g/mol. The highest BCUT2D eigenvalue weighted by Gasteiger charge is 2.18. The highest BCUT2D eigenvalue weighted by molar-refractivity contribution is 9.10. The van der Waals surface area contributed by atoms with Crippen molar-refractivity contribution in [3.63, 3.8) is 0 Å². The van der Waals surface area contributed by atoms with Crippen molar-refractivity contribution in [1.82, 2.24) is 9.66 Å². The number of nitrogens with zero attached hydrogens (tertiary/aromatic N) is 3. The van der Waals surface area contributed by atoms with Gasteiger partial charge in [0.25, 0.3) is 5.56 Å². The number of ether oxygens (including phenoxy) is 3. The Bertz CT molecular complexity index is 2040. The molecule has 2 heterocycles. The summed E-state index contributed by atoms with van der Waals surface area (Å²) in [6, 6.07) is 25.5. The number of rotatable bonds is 8. The largest absolute Gasteiger partial charge is 0.496 e.